The summed E-state index contributed by atoms with van der Waals surface area (Å²) in [6.45, 7) is 11.3. The minimum absolute atomic E-state index is 0.0913. The number of nitrogens with zero attached hydrogens (tertiary/aromatic N) is 2. The maximum absolute atomic E-state index is 13.3. The molecule has 1 unspecified atom stereocenters. The van der Waals surface area contributed by atoms with Crippen LogP contribution in [0.3, 0.4) is 0 Å². The highest BCUT2D eigenvalue weighted by Crippen LogP contribution is 2.27. The molecule has 0 aromatic carbocycles. The predicted octanol–water partition coefficient (Wildman–Crippen LogP) is 3.38. The van der Waals surface area contributed by atoms with Gasteiger partial charge in [-0.3, -0.25) is 9.47 Å². The van der Waals surface area contributed by atoms with E-state index in [1.807, 2.05) is 6.92 Å². The summed E-state index contributed by atoms with van der Waals surface area (Å²) in [7, 11) is 1.27. The Bertz CT molecular complexity index is 776. The number of nitrogens with one attached hydrogen (secondary N) is 1. The molecule has 28 heavy (non-hydrogen) atoms. The Balaban J connectivity index is 2.48. The molecule has 1 aliphatic heterocycles. The van der Waals surface area contributed by atoms with Crippen LogP contribution in [-0.4, -0.2) is 52.8 Å². The topological polar surface area (TPSA) is 89.9 Å². The molecule has 1 fully saturated rings. The van der Waals surface area contributed by atoms with E-state index in [4.69, 9.17) is 9.47 Å². The lowest BCUT2D eigenvalue weighted by atomic mass is 10.0. The summed E-state index contributed by atoms with van der Waals surface area (Å²) >= 11 is 0. The van der Waals surface area contributed by atoms with Crippen molar-refractivity contribution < 1.29 is 23.9 Å². The smallest absolute Gasteiger partial charge is 0.426 e. The van der Waals surface area contributed by atoms with Gasteiger partial charge >= 0.3 is 12.1 Å². The maximum atomic E-state index is 13.3. The van der Waals surface area contributed by atoms with E-state index in [0.29, 0.717) is 17.9 Å². The standard InChI is InChI=1S/C20H31N3O5/c1-12-10-8-9-11-22(12)17(24)15-13(2)23(14(3)16(15)18(25)27-7)21-19(26)28-20(4,5)6/h12H,8-11H2,1-7H3,(H,21,26). The average Bonchev–Trinajstić information content (AvgIpc) is 2.84. The second-order valence-electron chi connectivity index (χ2n) is 8.20. The third-order valence-electron chi connectivity index (χ3n) is 4.91. The van der Waals surface area contributed by atoms with Gasteiger partial charge < -0.3 is 14.4 Å². The monoisotopic (exact) mass is 393 g/mol. The van der Waals surface area contributed by atoms with Crippen molar-refractivity contribution in [3.05, 3.63) is 22.5 Å². The number of ether oxygens (including phenoxy) is 2. The van der Waals surface area contributed by atoms with Crippen molar-refractivity contribution in [1.29, 1.82) is 0 Å². The van der Waals surface area contributed by atoms with E-state index in [2.05, 4.69) is 5.43 Å². The van der Waals surface area contributed by atoms with Gasteiger partial charge in [-0.1, -0.05) is 0 Å². The molecule has 0 bridgehead atoms. The summed E-state index contributed by atoms with van der Waals surface area (Å²) in [6.07, 6.45) is 2.26. The van der Waals surface area contributed by atoms with Crippen LogP contribution in [0.5, 0.6) is 0 Å². The molecule has 1 saturated heterocycles. The Morgan fingerprint density at radius 1 is 1.07 bits per heavy atom. The highest BCUT2D eigenvalue weighted by molar-refractivity contribution is 6.07. The van der Waals surface area contributed by atoms with Crippen molar-refractivity contribution >= 4 is 18.0 Å². The van der Waals surface area contributed by atoms with Gasteiger partial charge in [-0.15, -0.1) is 0 Å². The number of amides is 2. The molecule has 1 aromatic heterocycles. The summed E-state index contributed by atoms with van der Waals surface area (Å²) in [5.41, 5.74) is 3.25. The van der Waals surface area contributed by atoms with E-state index in [9.17, 15) is 14.4 Å². The first-order valence-electron chi connectivity index (χ1n) is 9.59. The maximum Gasteiger partial charge on any atom is 0.426 e. The fourth-order valence-electron chi connectivity index (χ4n) is 3.55. The van der Waals surface area contributed by atoms with Crippen molar-refractivity contribution in [2.45, 2.75) is 72.4 Å². The van der Waals surface area contributed by atoms with Crippen molar-refractivity contribution in [1.82, 2.24) is 9.58 Å². The lowest BCUT2D eigenvalue weighted by Crippen LogP contribution is -2.42. The van der Waals surface area contributed by atoms with Crippen LogP contribution in [0.2, 0.25) is 0 Å². The second-order valence-corrected chi connectivity index (χ2v) is 8.20. The number of aromatic nitrogens is 1. The van der Waals surface area contributed by atoms with Gasteiger partial charge in [-0.05, 0) is 60.8 Å². The molecule has 0 aliphatic carbocycles. The zero-order chi connectivity index (χ0) is 21.2. The van der Waals surface area contributed by atoms with Gasteiger partial charge in [0.2, 0.25) is 0 Å². The van der Waals surface area contributed by atoms with Crippen molar-refractivity contribution in [3.63, 3.8) is 0 Å². The summed E-state index contributed by atoms with van der Waals surface area (Å²) in [5.74, 6) is -0.837. The minimum atomic E-state index is -0.674. The minimum Gasteiger partial charge on any atom is -0.465 e. The van der Waals surface area contributed by atoms with Crippen molar-refractivity contribution in [3.8, 4) is 0 Å². The molecular formula is C20H31N3O5. The number of hydrogen-bond acceptors (Lipinski definition) is 5. The zero-order valence-electron chi connectivity index (χ0n) is 17.8. The fraction of sp³-hybridized carbons (Fsp3) is 0.650. The lowest BCUT2D eigenvalue weighted by Gasteiger charge is -2.33. The molecule has 8 heteroatoms. The third kappa shape index (κ3) is 4.48. The van der Waals surface area contributed by atoms with Gasteiger partial charge in [0.1, 0.15) is 5.60 Å². The normalized spacial score (nSPS) is 17.2. The van der Waals surface area contributed by atoms with Crippen LogP contribution in [0.4, 0.5) is 4.79 Å². The van der Waals surface area contributed by atoms with Crippen LogP contribution in [-0.2, 0) is 9.47 Å². The average molecular weight is 393 g/mol. The number of rotatable bonds is 3. The first-order chi connectivity index (χ1) is 13.0. The molecule has 8 nitrogen and oxygen atoms in total. The van der Waals surface area contributed by atoms with E-state index in [0.717, 1.165) is 19.3 Å². The summed E-state index contributed by atoms with van der Waals surface area (Å²) < 4.78 is 11.6. The van der Waals surface area contributed by atoms with E-state index < -0.39 is 17.7 Å². The highest BCUT2D eigenvalue weighted by atomic mass is 16.6. The molecule has 1 aromatic rings. The van der Waals surface area contributed by atoms with Crippen LogP contribution in [0.15, 0.2) is 0 Å². The molecule has 0 saturated carbocycles. The van der Waals surface area contributed by atoms with Gasteiger partial charge in [0.05, 0.1) is 29.6 Å². The van der Waals surface area contributed by atoms with E-state index in [-0.39, 0.29) is 23.1 Å². The Morgan fingerprint density at radius 2 is 1.68 bits per heavy atom. The first-order valence-corrected chi connectivity index (χ1v) is 9.59. The number of hydrogen-bond donors (Lipinski definition) is 1. The van der Waals surface area contributed by atoms with Gasteiger partial charge in [0.15, 0.2) is 0 Å². The van der Waals surface area contributed by atoms with E-state index >= 15 is 0 Å². The molecule has 2 amide bonds. The van der Waals surface area contributed by atoms with Crippen LogP contribution in [0, 0.1) is 13.8 Å². The van der Waals surface area contributed by atoms with Crippen LogP contribution in [0.25, 0.3) is 0 Å². The number of piperidine rings is 1. The fourth-order valence-corrected chi connectivity index (χ4v) is 3.55. The number of carbonyl (C=O) groups is 3. The van der Waals surface area contributed by atoms with Crippen molar-refractivity contribution in [2.24, 2.45) is 0 Å². The number of carbonyl (C=O) groups excluding carboxylic acids is 3. The van der Waals surface area contributed by atoms with Gasteiger partial charge in [0.25, 0.3) is 5.91 Å². The summed E-state index contributed by atoms with van der Waals surface area (Å²) in [5, 5.41) is 0. The van der Waals surface area contributed by atoms with Gasteiger partial charge in [-0.2, -0.15) is 0 Å². The van der Waals surface area contributed by atoms with Crippen LogP contribution in [0.1, 0.15) is 79.1 Å². The number of esters is 1. The first kappa shape index (κ1) is 21.8. The molecule has 156 valence electrons. The van der Waals surface area contributed by atoms with Crippen LogP contribution >= 0.6 is 0 Å². The van der Waals surface area contributed by atoms with Gasteiger partial charge in [-0.25, -0.2) is 15.0 Å². The zero-order valence-corrected chi connectivity index (χ0v) is 17.8. The molecule has 1 N–H and O–H groups in total. The molecule has 1 aliphatic rings. The largest absolute Gasteiger partial charge is 0.465 e. The Kier molecular flexibility index (Phi) is 6.41. The molecular weight excluding hydrogens is 362 g/mol. The van der Waals surface area contributed by atoms with Crippen molar-refractivity contribution in [2.75, 3.05) is 19.1 Å². The Hall–Kier alpha value is -2.51. The number of likely N-dealkylation sites (tertiary alicyclic amines) is 1. The molecule has 1 atom stereocenters. The molecule has 2 heterocycles. The third-order valence-corrected chi connectivity index (χ3v) is 4.91. The second kappa shape index (κ2) is 8.24. The summed E-state index contributed by atoms with van der Waals surface area (Å²) in [4.78, 5) is 39.8. The molecule has 2 rings (SSSR count). The van der Waals surface area contributed by atoms with E-state index in [1.165, 1.54) is 11.8 Å². The van der Waals surface area contributed by atoms with Gasteiger partial charge in [0, 0.05) is 12.6 Å². The summed E-state index contributed by atoms with van der Waals surface area (Å²) in [6, 6.07) is 0.0913. The Morgan fingerprint density at radius 3 is 2.21 bits per heavy atom. The van der Waals surface area contributed by atoms with E-state index in [1.54, 1.807) is 39.5 Å². The molecule has 0 radical (unpaired) electrons. The number of methoxy groups -OCH3 is 1. The highest BCUT2D eigenvalue weighted by Gasteiger charge is 2.34. The molecule has 0 spiro atoms. The quantitative estimate of drug-likeness (QED) is 0.795. The SMILES string of the molecule is COC(=O)c1c(C(=O)N2CCCCC2C)c(C)n(NC(=O)OC(C)(C)C)c1C. The lowest BCUT2D eigenvalue weighted by molar-refractivity contribution is 0.0571. The predicted molar refractivity (Wildman–Crippen MR) is 105 cm³/mol. The Labute approximate surface area is 166 Å². The van der Waals surface area contributed by atoms with Crippen LogP contribution < -0.4 is 5.43 Å².